The summed E-state index contributed by atoms with van der Waals surface area (Å²) in [5, 5.41) is 6.17. The third kappa shape index (κ3) is 4.53. The Morgan fingerprint density at radius 1 is 1.21 bits per heavy atom. The first-order valence-electron chi connectivity index (χ1n) is 6.73. The summed E-state index contributed by atoms with van der Waals surface area (Å²) in [5.41, 5.74) is 2.54. The standard InChI is InChI=1S/C16H13ClFN3O3/c1-24-14-7-6-10(8-11(14)17)9-19-21-16(23)15(22)20-13-5-3-2-4-12(13)18/h2-9H,1H3,(H,20,22)(H,21,23)/b19-9-. The van der Waals surface area contributed by atoms with E-state index >= 15 is 0 Å². The maximum Gasteiger partial charge on any atom is 0.329 e. The molecule has 0 aliphatic carbocycles. The van der Waals surface area contributed by atoms with Crippen LogP contribution in [0.25, 0.3) is 0 Å². The number of nitrogens with zero attached hydrogens (tertiary/aromatic N) is 1. The van der Waals surface area contributed by atoms with Gasteiger partial charge in [0.05, 0.1) is 24.0 Å². The molecule has 0 bridgehead atoms. The Morgan fingerprint density at radius 3 is 2.62 bits per heavy atom. The molecule has 0 heterocycles. The minimum atomic E-state index is -1.04. The first-order chi connectivity index (χ1) is 11.5. The van der Waals surface area contributed by atoms with Gasteiger partial charge in [-0.1, -0.05) is 23.7 Å². The van der Waals surface area contributed by atoms with E-state index in [4.69, 9.17) is 16.3 Å². The largest absolute Gasteiger partial charge is 0.495 e. The summed E-state index contributed by atoms with van der Waals surface area (Å²) in [5.74, 6) is -2.21. The van der Waals surface area contributed by atoms with Crippen molar-refractivity contribution in [1.29, 1.82) is 0 Å². The number of hydrogen-bond donors (Lipinski definition) is 2. The Labute approximate surface area is 142 Å². The quantitative estimate of drug-likeness (QED) is 0.506. The number of nitrogens with one attached hydrogen (secondary N) is 2. The van der Waals surface area contributed by atoms with E-state index in [0.29, 0.717) is 16.3 Å². The van der Waals surface area contributed by atoms with E-state index < -0.39 is 17.6 Å². The maximum atomic E-state index is 13.4. The Balaban J connectivity index is 1.93. The van der Waals surface area contributed by atoms with Gasteiger partial charge in [-0.15, -0.1) is 0 Å². The van der Waals surface area contributed by atoms with E-state index in [1.54, 1.807) is 18.2 Å². The van der Waals surface area contributed by atoms with Crippen LogP contribution >= 0.6 is 11.6 Å². The number of carbonyl (C=O) groups excluding carboxylic acids is 2. The predicted molar refractivity (Wildman–Crippen MR) is 88.8 cm³/mol. The van der Waals surface area contributed by atoms with Crippen LogP contribution in [0.3, 0.4) is 0 Å². The molecule has 2 aromatic rings. The lowest BCUT2D eigenvalue weighted by atomic mass is 10.2. The lowest BCUT2D eigenvalue weighted by molar-refractivity contribution is -0.136. The zero-order valence-corrected chi connectivity index (χ0v) is 13.3. The smallest absolute Gasteiger partial charge is 0.329 e. The summed E-state index contributed by atoms with van der Waals surface area (Å²) >= 11 is 5.95. The summed E-state index contributed by atoms with van der Waals surface area (Å²) in [6.45, 7) is 0. The number of halogens is 2. The summed E-state index contributed by atoms with van der Waals surface area (Å²) in [6.07, 6.45) is 1.31. The van der Waals surface area contributed by atoms with Crippen molar-refractivity contribution in [3.05, 3.63) is 58.9 Å². The van der Waals surface area contributed by atoms with Gasteiger partial charge in [0.1, 0.15) is 11.6 Å². The van der Waals surface area contributed by atoms with E-state index in [-0.39, 0.29) is 5.69 Å². The molecule has 0 aliphatic rings. The number of hydrogen-bond acceptors (Lipinski definition) is 4. The molecule has 0 unspecified atom stereocenters. The van der Waals surface area contributed by atoms with E-state index in [2.05, 4.69) is 10.4 Å². The zero-order valence-electron chi connectivity index (χ0n) is 12.5. The van der Waals surface area contributed by atoms with Gasteiger partial charge in [0.15, 0.2) is 0 Å². The van der Waals surface area contributed by atoms with Crippen LogP contribution in [-0.4, -0.2) is 25.1 Å². The molecule has 0 saturated heterocycles. The first kappa shape index (κ1) is 17.4. The van der Waals surface area contributed by atoms with E-state index in [1.807, 2.05) is 5.43 Å². The van der Waals surface area contributed by atoms with Crippen LogP contribution < -0.4 is 15.5 Å². The van der Waals surface area contributed by atoms with Crippen LogP contribution in [0.4, 0.5) is 10.1 Å². The van der Waals surface area contributed by atoms with Crippen LogP contribution in [0.5, 0.6) is 5.75 Å². The normalized spacial score (nSPS) is 10.5. The van der Waals surface area contributed by atoms with Crippen LogP contribution in [0.2, 0.25) is 5.02 Å². The number of rotatable bonds is 4. The second-order valence-corrected chi connectivity index (χ2v) is 4.93. The molecule has 6 nitrogen and oxygen atoms in total. The van der Waals surface area contributed by atoms with Crippen molar-refractivity contribution in [3.63, 3.8) is 0 Å². The number of methoxy groups -OCH3 is 1. The molecular weight excluding hydrogens is 337 g/mol. The maximum absolute atomic E-state index is 13.4. The number of anilines is 1. The van der Waals surface area contributed by atoms with Crippen molar-refractivity contribution in [3.8, 4) is 5.75 Å². The molecule has 2 aromatic carbocycles. The summed E-state index contributed by atoms with van der Waals surface area (Å²) in [4.78, 5) is 23.3. The molecule has 2 rings (SSSR count). The van der Waals surface area contributed by atoms with Gasteiger partial charge in [0, 0.05) is 0 Å². The molecule has 24 heavy (non-hydrogen) atoms. The highest BCUT2D eigenvalue weighted by molar-refractivity contribution is 6.39. The highest BCUT2D eigenvalue weighted by Crippen LogP contribution is 2.24. The molecule has 2 amide bonds. The van der Waals surface area contributed by atoms with E-state index in [0.717, 1.165) is 0 Å². The zero-order chi connectivity index (χ0) is 17.5. The van der Waals surface area contributed by atoms with Gasteiger partial charge >= 0.3 is 11.8 Å². The third-order valence-corrected chi connectivity index (χ3v) is 3.18. The lowest BCUT2D eigenvalue weighted by Gasteiger charge is -2.05. The summed E-state index contributed by atoms with van der Waals surface area (Å²) in [7, 11) is 1.49. The van der Waals surface area contributed by atoms with Gasteiger partial charge in [-0.25, -0.2) is 9.82 Å². The van der Waals surface area contributed by atoms with Gasteiger partial charge in [0.2, 0.25) is 0 Å². The molecule has 0 aromatic heterocycles. The lowest BCUT2D eigenvalue weighted by Crippen LogP contribution is -2.32. The van der Waals surface area contributed by atoms with Gasteiger partial charge in [-0.2, -0.15) is 5.10 Å². The monoisotopic (exact) mass is 349 g/mol. The topological polar surface area (TPSA) is 79.8 Å². The molecule has 0 radical (unpaired) electrons. The average molecular weight is 350 g/mol. The fourth-order valence-corrected chi connectivity index (χ4v) is 1.99. The minimum Gasteiger partial charge on any atom is -0.495 e. The van der Waals surface area contributed by atoms with Crippen molar-refractivity contribution in [1.82, 2.24) is 5.43 Å². The van der Waals surface area contributed by atoms with Crippen molar-refractivity contribution >= 4 is 35.3 Å². The minimum absolute atomic E-state index is 0.0939. The van der Waals surface area contributed by atoms with Gasteiger partial charge in [0.25, 0.3) is 0 Å². The molecule has 0 fully saturated rings. The highest BCUT2D eigenvalue weighted by Gasteiger charge is 2.14. The Morgan fingerprint density at radius 2 is 1.96 bits per heavy atom. The second kappa shape index (κ2) is 8.07. The molecule has 0 saturated carbocycles. The molecule has 124 valence electrons. The van der Waals surface area contributed by atoms with Gasteiger partial charge < -0.3 is 10.1 Å². The molecule has 0 spiro atoms. The van der Waals surface area contributed by atoms with Crippen LogP contribution in [-0.2, 0) is 9.59 Å². The summed E-state index contributed by atoms with van der Waals surface area (Å²) in [6, 6.07) is 10.4. The third-order valence-electron chi connectivity index (χ3n) is 2.88. The van der Waals surface area contributed by atoms with Crippen molar-refractivity contribution < 1.29 is 18.7 Å². The van der Waals surface area contributed by atoms with Crippen molar-refractivity contribution in [2.75, 3.05) is 12.4 Å². The number of ether oxygens (including phenoxy) is 1. The number of para-hydroxylation sites is 1. The van der Waals surface area contributed by atoms with Gasteiger partial charge in [-0.05, 0) is 35.9 Å². The average Bonchev–Trinajstić information content (AvgIpc) is 2.57. The van der Waals surface area contributed by atoms with Crippen LogP contribution in [0.1, 0.15) is 5.56 Å². The number of amides is 2. The highest BCUT2D eigenvalue weighted by atomic mass is 35.5. The fraction of sp³-hybridized carbons (Fsp3) is 0.0625. The summed E-state index contributed by atoms with van der Waals surface area (Å²) < 4.78 is 18.4. The van der Waals surface area contributed by atoms with E-state index in [9.17, 15) is 14.0 Å². The Hall–Kier alpha value is -2.93. The molecule has 0 aliphatic heterocycles. The van der Waals surface area contributed by atoms with Crippen molar-refractivity contribution in [2.24, 2.45) is 5.10 Å². The number of benzene rings is 2. The predicted octanol–water partition coefficient (Wildman–Crippen LogP) is 2.58. The van der Waals surface area contributed by atoms with Gasteiger partial charge in [-0.3, -0.25) is 9.59 Å². The SMILES string of the molecule is COc1ccc(/C=N\NC(=O)C(=O)Nc2ccccc2F)cc1Cl. The van der Waals surface area contributed by atoms with Crippen LogP contribution in [0, 0.1) is 5.82 Å². The van der Waals surface area contributed by atoms with Crippen molar-refractivity contribution in [2.45, 2.75) is 0 Å². The second-order valence-electron chi connectivity index (χ2n) is 4.53. The Bertz CT molecular complexity index is 796. The Kier molecular flexibility index (Phi) is 5.86. The fourth-order valence-electron chi connectivity index (χ4n) is 1.72. The number of hydrazone groups is 1. The molecule has 0 atom stereocenters. The van der Waals surface area contributed by atoms with E-state index in [1.165, 1.54) is 37.6 Å². The van der Waals surface area contributed by atoms with Crippen LogP contribution in [0.15, 0.2) is 47.6 Å². The molecule has 8 heteroatoms. The molecule has 2 N–H and O–H groups in total. The first-order valence-corrected chi connectivity index (χ1v) is 7.11. The molecular formula is C16H13ClFN3O3. The number of carbonyl (C=O) groups is 2.